The number of ether oxygens (including phenoxy) is 3. The number of rotatable bonds is 5. The largest absolute Gasteiger partial charge is 0.493 e. The number of pyridine rings is 1. The molecule has 150 valence electrons. The second kappa shape index (κ2) is 7.39. The van der Waals surface area contributed by atoms with Crippen LogP contribution in [0.25, 0.3) is 43.0 Å². The minimum Gasteiger partial charge on any atom is -0.493 e. The van der Waals surface area contributed by atoms with Crippen molar-refractivity contribution in [2.75, 3.05) is 21.3 Å². The maximum absolute atomic E-state index is 6.30. The summed E-state index contributed by atoms with van der Waals surface area (Å²) in [5.74, 6) is 2.38. The Kier molecular flexibility index (Phi) is 4.56. The number of thiophene rings is 1. The van der Waals surface area contributed by atoms with Crippen molar-refractivity contribution in [1.29, 1.82) is 0 Å². The molecule has 0 radical (unpaired) electrons. The zero-order valence-electron chi connectivity index (χ0n) is 16.8. The van der Waals surface area contributed by atoms with Crippen molar-refractivity contribution in [2.45, 2.75) is 0 Å². The maximum atomic E-state index is 6.30. The molecule has 0 unspecified atom stereocenters. The summed E-state index contributed by atoms with van der Waals surface area (Å²) < 4.78 is 23.9. The predicted octanol–water partition coefficient (Wildman–Crippen LogP) is 6.40. The van der Waals surface area contributed by atoms with Crippen LogP contribution in [-0.2, 0) is 0 Å². The molecule has 0 amide bonds. The Morgan fingerprint density at radius 1 is 0.867 bits per heavy atom. The minimum absolute atomic E-state index is 0.545. The van der Waals surface area contributed by atoms with E-state index >= 15 is 0 Å². The van der Waals surface area contributed by atoms with Crippen molar-refractivity contribution in [2.24, 2.45) is 0 Å². The highest BCUT2D eigenvalue weighted by atomic mass is 32.1. The molecule has 0 saturated heterocycles. The Labute approximate surface area is 177 Å². The molecule has 0 aliphatic carbocycles. The average Bonchev–Trinajstić information content (AvgIpc) is 3.42. The van der Waals surface area contributed by atoms with Gasteiger partial charge >= 0.3 is 0 Å². The summed E-state index contributed by atoms with van der Waals surface area (Å²) in [6.45, 7) is 0. The number of hydrogen-bond acceptors (Lipinski definition) is 6. The molecule has 0 N–H and O–H groups in total. The minimum atomic E-state index is 0.545. The van der Waals surface area contributed by atoms with E-state index in [2.05, 4.69) is 35.3 Å². The van der Waals surface area contributed by atoms with Gasteiger partial charge < -0.3 is 18.6 Å². The van der Waals surface area contributed by atoms with Crippen LogP contribution < -0.4 is 14.2 Å². The van der Waals surface area contributed by atoms with Crippen LogP contribution in [0.2, 0.25) is 0 Å². The highest BCUT2D eigenvalue weighted by Crippen LogP contribution is 2.43. The summed E-state index contributed by atoms with van der Waals surface area (Å²) in [7, 11) is 4.78. The van der Waals surface area contributed by atoms with E-state index in [1.165, 1.54) is 10.1 Å². The molecule has 0 spiro atoms. The monoisotopic (exact) mass is 417 g/mol. The lowest BCUT2D eigenvalue weighted by Crippen LogP contribution is -1.95. The summed E-state index contributed by atoms with van der Waals surface area (Å²) in [5.41, 5.74) is 3.41. The standard InChI is InChI=1S/C24H19NO4S/c1-26-19-10-15(11-20(27-2)24(19)28-3)18-13-17-23(29-18)16(8-9-25-17)22-12-14-6-4-5-7-21(14)30-22/h4-13H,1-3H3. The summed E-state index contributed by atoms with van der Waals surface area (Å²) in [5, 5.41) is 1.22. The second-order valence-corrected chi connectivity index (χ2v) is 7.83. The molecule has 3 aromatic heterocycles. The first-order chi connectivity index (χ1) is 14.7. The summed E-state index contributed by atoms with van der Waals surface area (Å²) >= 11 is 1.74. The molecule has 0 fully saturated rings. The average molecular weight is 417 g/mol. The van der Waals surface area contributed by atoms with Gasteiger partial charge in [0.25, 0.3) is 0 Å². The van der Waals surface area contributed by atoms with Crippen LogP contribution in [-0.4, -0.2) is 26.3 Å². The molecule has 6 heteroatoms. The van der Waals surface area contributed by atoms with Gasteiger partial charge in [0, 0.05) is 33.0 Å². The molecule has 5 nitrogen and oxygen atoms in total. The first-order valence-corrected chi connectivity index (χ1v) is 10.2. The van der Waals surface area contributed by atoms with Crippen LogP contribution in [0, 0.1) is 0 Å². The second-order valence-electron chi connectivity index (χ2n) is 6.75. The molecular formula is C24H19NO4S. The van der Waals surface area contributed by atoms with E-state index in [-0.39, 0.29) is 0 Å². The van der Waals surface area contributed by atoms with E-state index in [1.807, 2.05) is 30.5 Å². The number of methoxy groups -OCH3 is 3. The first kappa shape index (κ1) is 18.5. The Morgan fingerprint density at radius 3 is 2.33 bits per heavy atom. The molecule has 30 heavy (non-hydrogen) atoms. The van der Waals surface area contributed by atoms with E-state index in [0.717, 1.165) is 27.1 Å². The zero-order chi connectivity index (χ0) is 20.7. The van der Waals surface area contributed by atoms with E-state index in [9.17, 15) is 0 Å². The van der Waals surface area contributed by atoms with Gasteiger partial charge in [0.2, 0.25) is 5.75 Å². The van der Waals surface area contributed by atoms with Crippen molar-refractivity contribution in [3.05, 3.63) is 60.8 Å². The predicted molar refractivity (Wildman–Crippen MR) is 120 cm³/mol. The maximum Gasteiger partial charge on any atom is 0.203 e. The van der Waals surface area contributed by atoms with Gasteiger partial charge in [0.05, 0.1) is 21.3 Å². The quantitative estimate of drug-likeness (QED) is 0.331. The molecule has 3 heterocycles. The lowest BCUT2D eigenvalue weighted by molar-refractivity contribution is 0.324. The highest BCUT2D eigenvalue weighted by molar-refractivity contribution is 7.22. The van der Waals surface area contributed by atoms with E-state index < -0.39 is 0 Å². The molecule has 5 aromatic rings. The SMILES string of the molecule is COc1cc(-c2cc3nccc(-c4cc5ccccc5s4)c3o2)cc(OC)c1OC. The lowest BCUT2D eigenvalue weighted by atomic mass is 10.1. The van der Waals surface area contributed by atoms with Crippen LogP contribution in [0.15, 0.2) is 65.2 Å². The zero-order valence-corrected chi connectivity index (χ0v) is 17.6. The van der Waals surface area contributed by atoms with Gasteiger partial charge in [-0.05, 0) is 35.7 Å². The Balaban J connectivity index is 1.67. The van der Waals surface area contributed by atoms with Crippen LogP contribution in [0.1, 0.15) is 0 Å². The lowest BCUT2D eigenvalue weighted by Gasteiger charge is -2.13. The third-order valence-electron chi connectivity index (χ3n) is 5.05. The Hall–Kier alpha value is -3.51. The fraction of sp³-hybridized carbons (Fsp3) is 0.125. The molecule has 5 rings (SSSR count). The number of benzene rings is 2. The van der Waals surface area contributed by atoms with Gasteiger partial charge in [0.15, 0.2) is 17.1 Å². The third kappa shape index (κ3) is 2.97. The van der Waals surface area contributed by atoms with Gasteiger partial charge in [0.1, 0.15) is 11.3 Å². The number of hydrogen-bond donors (Lipinski definition) is 0. The van der Waals surface area contributed by atoms with Crippen molar-refractivity contribution in [1.82, 2.24) is 4.98 Å². The fourth-order valence-corrected chi connectivity index (χ4v) is 4.70. The van der Waals surface area contributed by atoms with Crippen LogP contribution >= 0.6 is 11.3 Å². The molecule has 0 saturated carbocycles. The van der Waals surface area contributed by atoms with Gasteiger partial charge in [-0.2, -0.15) is 0 Å². The molecule has 0 atom stereocenters. The summed E-state index contributed by atoms with van der Waals surface area (Å²) in [6.07, 6.45) is 1.82. The smallest absolute Gasteiger partial charge is 0.203 e. The number of fused-ring (bicyclic) bond motifs is 2. The Bertz CT molecular complexity index is 1310. The van der Waals surface area contributed by atoms with Crippen LogP contribution in [0.3, 0.4) is 0 Å². The first-order valence-electron chi connectivity index (χ1n) is 9.39. The number of aromatic nitrogens is 1. The van der Waals surface area contributed by atoms with Crippen molar-refractivity contribution < 1.29 is 18.6 Å². The topological polar surface area (TPSA) is 53.7 Å². The van der Waals surface area contributed by atoms with Gasteiger partial charge in [-0.25, -0.2) is 0 Å². The van der Waals surface area contributed by atoms with E-state index in [4.69, 9.17) is 18.6 Å². The fourth-order valence-electron chi connectivity index (χ4n) is 3.61. The van der Waals surface area contributed by atoms with Crippen molar-refractivity contribution >= 4 is 32.5 Å². The van der Waals surface area contributed by atoms with E-state index in [0.29, 0.717) is 23.0 Å². The van der Waals surface area contributed by atoms with Crippen molar-refractivity contribution in [3.8, 4) is 39.0 Å². The van der Waals surface area contributed by atoms with Gasteiger partial charge in [-0.1, -0.05) is 18.2 Å². The number of furan rings is 1. The highest BCUT2D eigenvalue weighted by Gasteiger charge is 2.18. The molecular weight excluding hydrogens is 398 g/mol. The Morgan fingerprint density at radius 2 is 1.63 bits per heavy atom. The van der Waals surface area contributed by atoms with E-state index in [1.54, 1.807) is 32.7 Å². The van der Waals surface area contributed by atoms with Crippen molar-refractivity contribution in [3.63, 3.8) is 0 Å². The third-order valence-corrected chi connectivity index (χ3v) is 6.20. The van der Waals surface area contributed by atoms with Crippen LogP contribution in [0.4, 0.5) is 0 Å². The van der Waals surface area contributed by atoms with Gasteiger partial charge in [-0.3, -0.25) is 4.98 Å². The summed E-state index contributed by atoms with van der Waals surface area (Å²) in [4.78, 5) is 5.66. The summed E-state index contributed by atoms with van der Waals surface area (Å²) in [6, 6.07) is 18.2. The van der Waals surface area contributed by atoms with Crippen LogP contribution in [0.5, 0.6) is 17.2 Å². The normalized spacial score (nSPS) is 11.2. The molecule has 0 aliphatic heterocycles. The molecule has 2 aromatic carbocycles. The molecule has 0 bridgehead atoms. The number of nitrogens with zero attached hydrogens (tertiary/aromatic N) is 1. The van der Waals surface area contributed by atoms with Gasteiger partial charge in [-0.15, -0.1) is 11.3 Å². The molecule has 0 aliphatic rings.